The standard InChI is InChI=1S/C19H19ClO7/c1-25-14-4-3-12-11-5-6-19(18(23)24,27-15(21)9-20)8-10(11)7-13(12)16(14)17(22)26-2/h3-4H,5-9H2,1-2H3,(H,23,24). The van der Waals surface area contributed by atoms with Gasteiger partial charge in [-0.3, -0.25) is 4.79 Å². The molecule has 0 saturated carbocycles. The molecule has 144 valence electrons. The highest BCUT2D eigenvalue weighted by atomic mass is 35.5. The Hall–Kier alpha value is -2.54. The van der Waals surface area contributed by atoms with E-state index in [9.17, 15) is 19.5 Å². The molecule has 1 N–H and O–H groups in total. The molecule has 0 spiro atoms. The van der Waals surface area contributed by atoms with E-state index in [0.29, 0.717) is 24.2 Å². The molecule has 0 fully saturated rings. The fourth-order valence-electron chi connectivity index (χ4n) is 3.90. The number of allylic oxidation sites excluding steroid dienone is 1. The largest absolute Gasteiger partial charge is 0.496 e. The molecule has 8 heteroatoms. The van der Waals surface area contributed by atoms with Gasteiger partial charge in [0.1, 0.15) is 17.2 Å². The van der Waals surface area contributed by atoms with Crippen LogP contribution in [-0.2, 0) is 25.5 Å². The van der Waals surface area contributed by atoms with Gasteiger partial charge in [0.05, 0.1) is 14.2 Å². The number of rotatable bonds is 5. The first-order valence-corrected chi connectivity index (χ1v) is 8.91. The first-order chi connectivity index (χ1) is 12.9. The number of methoxy groups -OCH3 is 2. The number of hydrogen-bond donors (Lipinski definition) is 1. The van der Waals surface area contributed by atoms with Crippen molar-refractivity contribution in [2.75, 3.05) is 20.1 Å². The van der Waals surface area contributed by atoms with E-state index in [2.05, 4.69) is 0 Å². The quantitative estimate of drug-likeness (QED) is 0.605. The van der Waals surface area contributed by atoms with Gasteiger partial charge in [-0.05, 0) is 35.6 Å². The molecule has 1 atom stereocenters. The van der Waals surface area contributed by atoms with Gasteiger partial charge in [-0.25, -0.2) is 9.59 Å². The van der Waals surface area contributed by atoms with E-state index in [1.807, 2.05) is 6.07 Å². The van der Waals surface area contributed by atoms with E-state index in [4.69, 9.17) is 25.8 Å². The van der Waals surface area contributed by atoms with Gasteiger partial charge in [-0.2, -0.15) is 0 Å². The highest BCUT2D eigenvalue weighted by molar-refractivity contribution is 6.26. The average Bonchev–Trinajstić information content (AvgIpc) is 3.03. The Balaban J connectivity index is 2.00. The predicted octanol–water partition coefficient (Wildman–Crippen LogP) is 2.58. The van der Waals surface area contributed by atoms with Gasteiger partial charge in [0.25, 0.3) is 0 Å². The summed E-state index contributed by atoms with van der Waals surface area (Å²) in [6.45, 7) is 0. The molecule has 2 aliphatic carbocycles. The molecule has 1 aromatic rings. The van der Waals surface area contributed by atoms with Crippen molar-refractivity contribution in [2.45, 2.75) is 31.3 Å². The second kappa shape index (κ2) is 7.23. The lowest BCUT2D eigenvalue weighted by atomic mass is 9.80. The molecular weight excluding hydrogens is 376 g/mol. The van der Waals surface area contributed by atoms with Crippen molar-refractivity contribution < 1.29 is 33.7 Å². The summed E-state index contributed by atoms with van der Waals surface area (Å²) < 4.78 is 15.4. The number of carboxylic acid groups (broad SMARTS) is 1. The number of carbonyl (C=O) groups excluding carboxylic acids is 2. The van der Waals surface area contributed by atoms with Gasteiger partial charge in [-0.1, -0.05) is 11.6 Å². The number of fused-ring (bicyclic) bond motifs is 2. The number of alkyl halides is 1. The maximum atomic E-state index is 12.3. The van der Waals surface area contributed by atoms with Crippen molar-refractivity contribution >= 4 is 35.1 Å². The fraction of sp³-hybridized carbons (Fsp3) is 0.421. The molecule has 27 heavy (non-hydrogen) atoms. The van der Waals surface area contributed by atoms with E-state index >= 15 is 0 Å². The summed E-state index contributed by atoms with van der Waals surface area (Å²) in [5.74, 6) is -2.49. The molecular formula is C19H19ClO7. The van der Waals surface area contributed by atoms with E-state index in [-0.39, 0.29) is 12.8 Å². The summed E-state index contributed by atoms with van der Waals surface area (Å²) in [6, 6.07) is 3.56. The summed E-state index contributed by atoms with van der Waals surface area (Å²) in [6.07, 6.45) is 0.984. The van der Waals surface area contributed by atoms with Gasteiger partial charge in [0.15, 0.2) is 0 Å². The zero-order valence-corrected chi connectivity index (χ0v) is 15.7. The Kier molecular flexibility index (Phi) is 5.15. The van der Waals surface area contributed by atoms with Crippen LogP contribution in [0.3, 0.4) is 0 Å². The number of benzene rings is 1. The maximum Gasteiger partial charge on any atom is 0.348 e. The zero-order chi connectivity index (χ0) is 19.8. The van der Waals surface area contributed by atoms with Crippen LogP contribution in [0, 0.1) is 0 Å². The molecule has 1 aromatic carbocycles. The van der Waals surface area contributed by atoms with Gasteiger partial charge in [-0.15, -0.1) is 11.6 Å². The van der Waals surface area contributed by atoms with Gasteiger partial charge in [0, 0.05) is 12.8 Å². The van der Waals surface area contributed by atoms with Crippen molar-refractivity contribution in [2.24, 2.45) is 0 Å². The zero-order valence-electron chi connectivity index (χ0n) is 15.0. The smallest absolute Gasteiger partial charge is 0.348 e. The van der Waals surface area contributed by atoms with Crippen molar-refractivity contribution in [1.82, 2.24) is 0 Å². The minimum absolute atomic E-state index is 0.0535. The van der Waals surface area contributed by atoms with E-state index < -0.39 is 29.4 Å². The first kappa shape index (κ1) is 19.2. The topological polar surface area (TPSA) is 99.1 Å². The monoisotopic (exact) mass is 394 g/mol. The van der Waals surface area contributed by atoms with Gasteiger partial charge >= 0.3 is 17.9 Å². The van der Waals surface area contributed by atoms with E-state index in [1.165, 1.54) is 14.2 Å². The van der Waals surface area contributed by atoms with Gasteiger partial charge < -0.3 is 19.3 Å². The number of halogens is 1. The summed E-state index contributed by atoms with van der Waals surface area (Å²) in [4.78, 5) is 35.8. The third-order valence-electron chi connectivity index (χ3n) is 5.11. The summed E-state index contributed by atoms with van der Waals surface area (Å²) in [5.41, 5.74) is 2.15. The summed E-state index contributed by atoms with van der Waals surface area (Å²) >= 11 is 5.48. The first-order valence-electron chi connectivity index (χ1n) is 8.37. The van der Waals surface area contributed by atoms with Crippen LogP contribution >= 0.6 is 11.6 Å². The molecule has 0 radical (unpaired) electrons. The number of carboxylic acids is 1. The molecule has 0 amide bonds. The van der Waals surface area contributed by atoms with E-state index in [0.717, 1.165) is 22.3 Å². The van der Waals surface area contributed by atoms with Crippen LogP contribution < -0.4 is 4.74 Å². The highest BCUT2D eigenvalue weighted by Crippen LogP contribution is 2.48. The molecule has 1 unspecified atom stereocenters. The highest BCUT2D eigenvalue weighted by Gasteiger charge is 2.48. The predicted molar refractivity (Wildman–Crippen MR) is 96.0 cm³/mol. The summed E-state index contributed by atoms with van der Waals surface area (Å²) in [5, 5.41) is 9.70. The van der Waals surface area contributed by atoms with Crippen molar-refractivity contribution in [1.29, 1.82) is 0 Å². The van der Waals surface area contributed by atoms with Crippen LogP contribution in [-0.4, -0.2) is 48.7 Å². The normalized spacial score (nSPS) is 20.6. The number of ether oxygens (including phenoxy) is 3. The van der Waals surface area contributed by atoms with Crippen molar-refractivity contribution in [3.63, 3.8) is 0 Å². The number of hydrogen-bond acceptors (Lipinski definition) is 6. The molecule has 7 nitrogen and oxygen atoms in total. The van der Waals surface area contributed by atoms with Crippen LogP contribution in [0.4, 0.5) is 0 Å². The lowest BCUT2D eigenvalue weighted by Crippen LogP contribution is -2.45. The average molecular weight is 395 g/mol. The second-order valence-corrected chi connectivity index (χ2v) is 6.77. The lowest BCUT2D eigenvalue weighted by Gasteiger charge is -2.33. The molecule has 0 aliphatic heterocycles. The molecule has 2 aliphatic rings. The van der Waals surface area contributed by atoms with Gasteiger partial charge in [0.2, 0.25) is 5.60 Å². The Morgan fingerprint density at radius 3 is 2.59 bits per heavy atom. The molecule has 0 saturated heterocycles. The minimum Gasteiger partial charge on any atom is -0.496 e. The van der Waals surface area contributed by atoms with E-state index in [1.54, 1.807) is 6.07 Å². The van der Waals surface area contributed by atoms with Crippen LogP contribution in [0.5, 0.6) is 5.75 Å². The Morgan fingerprint density at radius 1 is 1.26 bits per heavy atom. The Bertz CT molecular complexity index is 858. The Labute approximate surface area is 160 Å². The summed E-state index contributed by atoms with van der Waals surface area (Å²) in [7, 11) is 2.77. The van der Waals surface area contributed by atoms with Crippen molar-refractivity contribution in [3.8, 4) is 5.75 Å². The van der Waals surface area contributed by atoms with Crippen LogP contribution in [0.25, 0.3) is 5.57 Å². The number of carbonyl (C=O) groups is 3. The number of esters is 2. The van der Waals surface area contributed by atoms with Crippen molar-refractivity contribution in [3.05, 3.63) is 34.4 Å². The molecule has 3 rings (SSSR count). The second-order valence-electron chi connectivity index (χ2n) is 6.50. The molecule has 0 heterocycles. The minimum atomic E-state index is -1.64. The lowest BCUT2D eigenvalue weighted by molar-refractivity contribution is -0.178. The van der Waals surface area contributed by atoms with Crippen LogP contribution in [0.15, 0.2) is 17.7 Å². The Morgan fingerprint density at radius 2 is 2.00 bits per heavy atom. The maximum absolute atomic E-state index is 12.3. The van der Waals surface area contributed by atoms with Crippen LogP contribution in [0.2, 0.25) is 0 Å². The number of aliphatic carboxylic acids is 1. The third-order valence-corrected chi connectivity index (χ3v) is 5.33. The third kappa shape index (κ3) is 3.16. The van der Waals surface area contributed by atoms with Crippen LogP contribution in [0.1, 0.15) is 40.7 Å². The molecule has 0 aromatic heterocycles. The molecule has 0 bridgehead atoms. The fourth-order valence-corrected chi connectivity index (χ4v) is 3.95. The SMILES string of the molecule is COC(=O)c1c(OC)ccc2c1CC1=C2CCC(OC(=O)CCl)(C(=O)O)C1.